The molecule has 1 N–H and O–H groups in total. The lowest BCUT2D eigenvalue weighted by Gasteiger charge is -2.19. The standard InChI is InChI=1S/C5H9N.C2H4O2/c1-4-2-5(1)6-3-4;1-4-2-3/h4-6H,1-3H2;2H,1H3. The molecule has 1 saturated carbocycles. The molecule has 2 heterocycles. The van der Waals surface area contributed by atoms with Gasteiger partial charge in [0.05, 0.1) is 7.11 Å². The lowest BCUT2D eigenvalue weighted by atomic mass is 9.87. The van der Waals surface area contributed by atoms with Crippen LogP contribution in [-0.4, -0.2) is 26.2 Å². The molecule has 0 aromatic rings. The summed E-state index contributed by atoms with van der Waals surface area (Å²) in [6.45, 7) is 1.69. The van der Waals surface area contributed by atoms with E-state index in [1.807, 2.05) is 0 Å². The summed E-state index contributed by atoms with van der Waals surface area (Å²) < 4.78 is 3.86. The molecule has 0 spiro atoms. The minimum atomic E-state index is 0.375. The highest BCUT2D eigenvalue weighted by molar-refractivity contribution is 5.36. The smallest absolute Gasteiger partial charge is 0.292 e. The Morgan fingerprint density at radius 1 is 1.60 bits per heavy atom. The number of methoxy groups -OCH3 is 1. The van der Waals surface area contributed by atoms with E-state index in [2.05, 4.69) is 10.1 Å². The third kappa shape index (κ3) is 1.70. The first-order valence-electron chi connectivity index (χ1n) is 3.56. The molecule has 3 nitrogen and oxygen atoms in total. The van der Waals surface area contributed by atoms with Gasteiger partial charge < -0.3 is 10.1 Å². The van der Waals surface area contributed by atoms with Crippen LogP contribution in [0, 0.1) is 5.92 Å². The molecule has 0 aromatic heterocycles. The zero-order valence-electron chi connectivity index (χ0n) is 6.17. The molecular weight excluding hydrogens is 130 g/mol. The maximum atomic E-state index is 8.95. The van der Waals surface area contributed by atoms with Gasteiger partial charge in [0.15, 0.2) is 0 Å². The van der Waals surface area contributed by atoms with Crippen LogP contribution in [0.25, 0.3) is 0 Å². The number of carbonyl (C=O) groups excluding carboxylic acids is 1. The summed E-state index contributed by atoms with van der Waals surface area (Å²) in [7, 11) is 1.31. The fraction of sp³-hybridized carbons (Fsp3) is 0.857. The van der Waals surface area contributed by atoms with Gasteiger partial charge in [-0.1, -0.05) is 0 Å². The summed E-state index contributed by atoms with van der Waals surface area (Å²) >= 11 is 0. The molecule has 3 fully saturated rings. The van der Waals surface area contributed by atoms with Crippen LogP contribution in [-0.2, 0) is 9.53 Å². The van der Waals surface area contributed by atoms with Crippen molar-refractivity contribution in [2.24, 2.45) is 5.92 Å². The van der Waals surface area contributed by atoms with Gasteiger partial charge in [-0.05, 0) is 25.3 Å². The summed E-state index contributed by atoms with van der Waals surface area (Å²) in [6.07, 6.45) is 2.94. The Labute approximate surface area is 60.7 Å². The van der Waals surface area contributed by atoms with Gasteiger partial charge in [0.25, 0.3) is 6.47 Å². The molecule has 58 valence electrons. The van der Waals surface area contributed by atoms with Crippen LogP contribution in [0.1, 0.15) is 12.8 Å². The second kappa shape index (κ2) is 3.56. The third-order valence-electron chi connectivity index (χ3n) is 2.03. The molecule has 3 heteroatoms. The largest absolute Gasteiger partial charge is 0.471 e. The van der Waals surface area contributed by atoms with Gasteiger partial charge in [-0.2, -0.15) is 0 Å². The molecular formula is C7H13NO2. The average Bonchev–Trinajstić information content (AvgIpc) is 2.45. The summed E-state index contributed by atoms with van der Waals surface area (Å²) in [5, 5.41) is 3.39. The molecule has 0 atom stereocenters. The van der Waals surface area contributed by atoms with Crippen molar-refractivity contribution >= 4 is 6.47 Å². The Kier molecular flexibility index (Phi) is 2.68. The highest BCUT2D eigenvalue weighted by atomic mass is 16.5. The Hall–Kier alpha value is -0.570. The van der Waals surface area contributed by atoms with Crippen molar-refractivity contribution in [3.8, 4) is 0 Å². The third-order valence-corrected chi connectivity index (χ3v) is 2.03. The van der Waals surface area contributed by atoms with Gasteiger partial charge in [0.1, 0.15) is 0 Å². The zero-order valence-corrected chi connectivity index (χ0v) is 6.17. The van der Waals surface area contributed by atoms with E-state index in [0.29, 0.717) is 6.47 Å². The van der Waals surface area contributed by atoms with E-state index < -0.39 is 0 Å². The highest BCUT2D eigenvalue weighted by Gasteiger charge is 2.35. The maximum absolute atomic E-state index is 8.95. The number of hydrogen-bond donors (Lipinski definition) is 1. The van der Waals surface area contributed by atoms with Crippen molar-refractivity contribution in [2.45, 2.75) is 18.9 Å². The van der Waals surface area contributed by atoms with Crippen LogP contribution >= 0.6 is 0 Å². The van der Waals surface area contributed by atoms with E-state index in [0.717, 1.165) is 12.0 Å². The Morgan fingerprint density at radius 3 is 2.30 bits per heavy atom. The second-order valence-corrected chi connectivity index (χ2v) is 2.77. The van der Waals surface area contributed by atoms with E-state index in [9.17, 15) is 0 Å². The summed E-state index contributed by atoms with van der Waals surface area (Å²) in [6, 6.07) is 0.940. The van der Waals surface area contributed by atoms with E-state index >= 15 is 0 Å². The first kappa shape index (κ1) is 7.54. The summed E-state index contributed by atoms with van der Waals surface area (Å²) in [5.41, 5.74) is 0. The Morgan fingerprint density at radius 2 is 2.20 bits per heavy atom. The molecule has 0 amide bonds. The van der Waals surface area contributed by atoms with Crippen molar-refractivity contribution < 1.29 is 9.53 Å². The van der Waals surface area contributed by atoms with Gasteiger partial charge >= 0.3 is 0 Å². The second-order valence-electron chi connectivity index (χ2n) is 2.77. The molecule has 3 aliphatic rings. The fourth-order valence-electron chi connectivity index (χ4n) is 1.40. The lowest BCUT2D eigenvalue weighted by Crippen LogP contribution is -2.23. The molecule has 0 aromatic carbocycles. The van der Waals surface area contributed by atoms with Gasteiger partial charge in [-0.25, -0.2) is 0 Å². The van der Waals surface area contributed by atoms with Crippen molar-refractivity contribution in [3.05, 3.63) is 0 Å². The number of ether oxygens (including phenoxy) is 1. The van der Waals surface area contributed by atoms with Crippen LogP contribution in [0.15, 0.2) is 0 Å². The molecule has 1 aliphatic carbocycles. The van der Waals surface area contributed by atoms with Gasteiger partial charge in [-0.3, -0.25) is 4.79 Å². The minimum absolute atomic E-state index is 0.375. The topological polar surface area (TPSA) is 38.3 Å². The molecule has 3 rings (SSSR count). The average molecular weight is 143 g/mol. The lowest BCUT2D eigenvalue weighted by molar-refractivity contribution is -0.126. The van der Waals surface area contributed by atoms with Crippen molar-refractivity contribution in [3.63, 3.8) is 0 Å². The van der Waals surface area contributed by atoms with E-state index in [-0.39, 0.29) is 0 Å². The fourth-order valence-corrected chi connectivity index (χ4v) is 1.40. The van der Waals surface area contributed by atoms with Crippen molar-refractivity contribution in [1.82, 2.24) is 5.32 Å². The van der Waals surface area contributed by atoms with E-state index in [1.54, 1.807) is 0 Å². The Balaban J connectivity index is 0.000000112. The van der Waals surface area contributed by atoms with Gasteiger partial charge in [-0.15, -0.1) is 0 Å². The normalized spacial score (nSPS) is 33.3. The first-order chi connectivity index (χ1) is 4.86. The number of carbonyl (C=O) groups is 1. The van der Waals surface area contributed by atoms with Crippen molar-refractivity contribution in [2.75, 3.05) is 13.7 Å². The van der Waals surface area contributed by atoms with Crippen LogP contribution in [0.3, 0.4) is 0 Å². The highest BCUT2D eigenvalue weighted by Crippen LogP contribution is 2.32. The molecule has 10 heavy (non-hydrogen) atoms. The van der Waals surface area contributed by atoms with E-state index in [4.69, 9.17) is 4.79 Å². The first-order valence-corrected chi connectivity index (χ1v) is 3.56. The van der Waals surface area contributed by atoms with Crippen molar-refractivity contribution in [1.29, 1.82) is 0 Å². The predicted octanol–water partition coefficient (Wildman–Crippen LogP) is 0.157. The van der Waals surface area contributed by atoms with Crippen LogP contribution in [0.2, 0.25) is 0 Å². The van der Waals surface area contributed by atoms with Gasteiger partial charge in [0, 0.05) is 6.04 Å². The quantitative estimate of drug-likeness (QED) is 0.531. The van der Waals surface area contributed by atoms with Crippen LogP contribution in [0.4, 0.5) is 0 Å². The van der Waals surface area contributed by atoms with Crippen LogP contribution < -0.4 is 5.32 Å². The molecule has 2 saturated heterocycles. The summed E-state index contributed by atoms with van der Waals surface area (Å²) in [5.74, 6) is 1.08. The number of rotatable bonds is 1. The zero-order chi connectivity index (χ0) is 7.40. The van der Waals surface area contributed by atoms with E-state index in [1.165, 1.54) is 26.5 Å². The predicted molar refractivity (Wildman–Crippen MR) is 37.6 cm³/mol. The monoisotopic (exact) mass is 143 g/mol. The minimum Gasteiger partial charge on any atom is -0.471 e. The SMILES string of the molecule is C1NC2CC1C2.COC=O. The molecule has 0 unspecified atom stereocenters. The molecule has 2 aliphatic heterocycles. The maximum Gasteiger partial charge on any atom is 0.292 e. The Bertz CT molecular complexity index is 96.7. The molecule has 2 bridgehead atoms. The number of fused-ring (bicyclic) bond motifs is 1. The summed E-state index contributed by atoms with van der Waals surface area (Å²) in [4.78, 5) is 8.95. The number of nitrogens with one attached hydrogen (secondary N) is 1. The molecule has 0 radical (unpaired) electrons. The van der Waals surface area contributed by atoms with Crippen LogP contribution in [0.5, 0.6) is 0 Å². The van der Waals surface area contributed by atoms with Gasteiger partial charge in [0.2, 0.25) is 0 Å². The number of hydrogen-bond acceptors (Lipinski definition) is 3.